The molecule has 19 atom stereocenters. The van der Waals surface area contributed by atoms with Gasteiger partial charge in [-0.05, 0) is 164 Å². The van der Waals surface area contributed by atoms with Crippen LogP contribution in [0.1, 0.15) is 137 Å². The zero-order chi connectivity index (χ0) is 95.2. The molecule has 3 rings (SSSR count). The van der Waals surface area contributed by atoms with E-state index >= 15 is 0 Å². The number of aliphatic imine (C=N–C) groups is 1. The van der Waals surface area contributed by atoms with Crippen LogP contribution in [0.2, 0.25) is 0 Å². The summed E-state index contributed by atoms with van der Waals surface area (Å²) in [7, 11) is 0. The highest BCUT2D eigenvalue weighted by atomic mass is 32.2. The molecule has 126 heavy (non-hydrogen) atoms. The Morgan fingerprint density at radius 3 is 1.36 bits per heavy atom. The number of phenols is 2. The van der Waals surface area contributed by atoms with Gasteiger partial charge in [-0.15, -0.1) is 0 Å². The molecule has 45 nitrogen and oxygen atoms in total. The van der Waals surface area contributed by atoms with Crippen LogP contribution in [0.5, 0.6) is 11.5 Å². The number of nitrogens with one attached hydrogen (secondary N) is 13. The number of carbonyl (C=O) groups is 16. The number of unbranched alkanes of at least 4 members (excludes halogenated alkanes) is 1. The second-order valence-corrected chi connectivity index (χ2v) is 33.9. The number of benzene rings is 2. The van der Waals surface area contributed by atoms with Crippen molar-refractivity contribution in [1.82, 2.24) is 73.4 Å². The lowest BCUT2D eigenvalue weighted by atomic mass is 9.95. The first-order valence-electron chi connectivity index (χ1n) is 41.1. The van der Waals surface area contributed by atoms with Crippen LogP contribution in [0.4, 0.5) is 0 Å². The summed E-state index contributed by atoms with van der Waals surface area (Å²) < 4.78 is 1.15. The minimum Gasteiger partial charge on any atom is -0.508 e. The molecule has 0 radical (unpaired) electrons. The number of hydrogen-bond acceptors (Lipinski definition) is 31. The third-order valence-electron chi connectivity index (χ3n) is 20.3. The average molecular weight is 1840 g/mol. The van der Waals surface area contributed by atoms with E-state index in [2.05, 4.69) is 98.8 Å². The van der Waals surface area contributed by atoms with Crippen LogP contribution in [0, 0.1) is 11.8 Å². The molecular weight excluding hydrogens is 1710 g/mol. The Balaban J connectivity index is 1.91. The summed E-state index contributed by atoms with van der Waals surface area (Å²) in [5, 5.41) is 91.3. The van der Waals surface area contributed by atoms with E-state index in [1.54, 1.807) is 27.7 Å². The summed E-state index contributed by atoms with van der Waals surface area (Å²) in [6.07, 6.45) is -7.10. The molecule has 0 unspecified atom stereocenters. The molecular formula is C78H129N23O22S3. The van der Waals surface area contributed by atoms with E-state index < -0.39 is 233 Å². The zero-order valence-electron chi connectivity index (χ0n) is 71.8. The molecule has 14 amide bonds. The number of aliphatic hydroxyl groups excluding tert-OH is 3. The summed E-state index contributed by atoms with van der Waals surface area (Å²) in [5.41, 5.74) is 47.1. The van der Waals surface area contributed by atoms with Crippen molar-refractivity contribution in [3.63, 3.8) is 0 Å². The van der Waals surface area contributed by atoms with Crippen LogP contribution >= 0.6 is 37.2 Å². The predicted molar refractivity (Wildman–Crippen MR) is 470 cm³/mol. The number of carboxylic acids is 1. The molecule has 706 valence electrons. The number of likely N-dealkylation sites (tertiary alicyclic amines) is 1. The number of nitrogens with two attached hydrogens (primary N) is 8. The summed E-state index contributed by atoms with van der Waals surface area (Å²) >= 11 is 9.21. The van der Waals surface area contributed by atoms with Gasteiger partial charge in [0.2, 0.25) is 87.8 Å². The first-order valence-corrected chi connectivity index (χ1v) is 43.0. The highest BCUT2D eigenvalue weighted by Crippen LogP contribution is 2.25. The molecule has 1 saturated heterocycles. The fourth-order valence-corrected chi connectivity index (χ4v) is 14.1. The number of hydrogen-bond donors (Lipinski definition) is 29. The van der Waals surface area contributed by atoms with Gasteiger partial charge in [-0.2, -0.15) is 25.3 Å². The van der Waals surface area contributed by atoms with Gasteiger partial charge < -0.3 is 145 Å². The average Bonchev–Trinajstić information content (AvgIpc) is 1.60. The normalized spacial score (nSPS) is 17.3. The molecule has 2 aromatic carbocycles. The first kappa shape index (κ1) is 110. The number of primary amides is 1. The number of guanidine groups is 1. The summed E-state index contributed by atoms with van der Waals surface area (Å²) in [6, 6.07) is -12.7. The fourth-order valence-electron chi connectivity index (χ4n) is 12.7. The molecule has 0 aromatic heterocycles. The fraction of sp³-hybridized carbons (Fsp3) is 0.628. The number of rotatable bonds is 56. The quantitative estimate of drug-likeness (QED) is 0.00961. The molecule has 0 aliphatic carbocycles. The lowest BCUT2D eigenvalue weighted by Crippen LogP contribution is -2.64. The van der Waals surface area contributed by atoms with E-state index in [0.717, 1.165) is 18.7 Å². The van der Waals surface area contributed by atoms with Crippen LogP contribution in [-0.4, -0.2) is 294 Å². The number of amides is 14. The molecule has 0 bridgehead atoms. The van der Waals surface area contributed by atoms with E-state index in [1.807, 2.05) is 0 Å². The maximum Gasteiger partial charge on any atom is 0.326 e. The van der Waals surface area contributed by atoms with E-state index in [0.29, 0.717) is 35.9 Å². The van der Waals surface area contributed by atoms with Gasteiger partial charge in [0.05, 0.1) is 30.8 Å². The van der Waals surface area contributed by atoms with Crippen molar-refractivity contribution in [2.75, 3.05) is 45.0 Å². The Morgan fingerprint density at radius 2 is 0.921 bits per heavy atom. The number of β-amino-alcohol motifs (C(OH)–C–C–N with tert-alkyl or cyclic N) is 1. The van der Waals surface area contributed by atoms with Gasteiger partial charge >= 0.3 is 5.97 Å². The van der Waals surface area contributed by atoms with Gasteiger partial charge in [0, 0.05) is 42.9 Å². The Bertz CT molecular complexity index is 4020. The Kier molecular flexibility index (Phi) is 47.7. The number of aliphatic carboxylic acids is 1. The summed E-state index contributed by atoms with van der Waals surface area (Å²) in [6.45, 7) is 10.8. The van der Waals surface area contributed by atoms with Gasteiger partial charge in [0.15, 0.2) is 5.96 Å². The van der Waals surface area contributed by atoms with E-state index in [9.17, 15) is 107 Å². The minimum atomic E-state index is -2.06. The first-order chi connectivity index (χ1) is 59.2. The largest absolute Gasteiger partial charge is 0.508 e. The molecule has 48 heteroatoms. The number of aromatic hydroxyl groups is 2. The third kappa shape index (κ3) is 37.0. The Labute approximate surface area is 745 Å². The molecule has 1 heterocycles. The van der Waals surface area contributed by atoms with E-state index in [-0.39, 0.29) is 120 Å². The molecule has 0 saturated carbocycles. The summed E-state index contributed by atoms with van der Waals surface area (Å²) in [4.78, 5) is 229. The van der Waals surface area contributed by atoms with Crippen molar-refractivity contribution in [2.24, 2.45) is 62.7 Å². The molecule has 0 spiro atoms. The summed E-state index contributed by atoms with van der Waals surface area (Å²) in [5.74, 6) is -17.9. The van der Waals surface area contributed by atoms with Crippen molar-refractivity contribution in [2.45, 2.75) is 253 Å². The maximum absolute atomic E-state index is 14.7. The Hall–Kier alpha value is -10.3. The zero-order valence-corrected chi connectivity index (χ0v) is 74.4. The lowest BCUT2D eigenvalue weighted by molar-refractivity contribution is -0.142. The number of aliphatic hydroxyl groups is 3. The minimum absolute atomic E-state index is 0.0656. The van der Waals surface area contributed by atoms with Gasteiger partial charge in [-0.3, -0.25) is 76.9 Å². The monoisotopic (exact) mass is 1840 g/mol. The standard InChI is InChI=1S/C78H129N23O22S3/c1-9-38(4)58(96-69(115)55-33-45(106)35-101(55)74(120)57(84)37(2)3)70(116)99-61(78(7,8)125)73(119)94-51(31-41-15-19-43(104)20-16-41)67(113)98-60(40(6)103)72(118)93-52(34-56(83)107)66(112)89-47(14-12-30-87-77(85)86)62(108)90-49(24-28-81)65(111)97-59(39(5)102)71(117)91-48(23-27-80)64(110)88-46(13-10-11-26-79)63(109)92-50(25-29-82)76(123)126-100-54(36-124)68(114)95-53(75(121)122)32-42-17-21-44(105)22-18-42/h15-22,37-40,45-55,57-61,100,102-106,124-125H,9-14,23-36,79-82,84H2,1-8H3,(H2,83,107)(H,88,110)(H,89,112)(H,90,108)(H,91,117)(H,92,109)(H,93,118)(H,94,119)(H,95,114)(H,96,115)(H,97,111)(H,98,113)(H,99,116)(H,121,122)(H4,85,86,87)/t38-,39+,40+,45+,46-,47-,48+,49-,50-,51-,52-,53-,54-,55-,57-,58-,59-,60-,61+/m0/s1. The maximum atomic E-state index is 14.7. The highest BCUT2D eigenvalue weighted by Gasteiger charge is 2.46. The van der Waals surface area contributed by atoms with Crippen LogP contribution in [-0.2, 0) is 89.6 Å². The number of thiol groups is 2. The second-order valence-electron chi connectivity index (χ2n) is 31.6. The van der Waals surface area contributed by atoms with Crippen LogP contribution in [0.15, 0.2) is 53.5 Å². The molecule has 1 aliphatic rings. The molecule has 1 aliphatic heterocycles. The van der Waals surface area contributed by atoms with Crippen molar-refractivity contribution >= 4 is 137 Å². The number of carboxylic acid groups (broad SMARTS) is 1. The number of phenolic OH excluding ortho intramolecular Hbond substituents is 2. The predicted octanol–water partition coefficient (Wildman–Crippen LogP) is -8.59. The van der Waals surface area contributed by atoms with Gasteiger partial charge in [-0.1, -0.05) is 58.4 Å². The van der Waals surface area contributed by atoms with Gasteiger partial charge in [-0.25, -0.2) is 9.52 Å². The Morgan fingerprint density at radius 1 is 0.516 bits per heavy atom. The van der Waals surface area contributed by atoms with Crippen molar-refractivity contribution < 1.29 is 107 Å². The van der Waals surface area contributed by atoms with Crippen LogP contribution in [0.3, 0.4) is 0 Å². The third-order valence-corrected chi connectivity index (χ3v) is 21.8. The van der Waals surface area contributed by atoms with Crippen molar-refractivity contribution in [3.05, 3.63) is 59.7 Å². The second kappa shape index (κ2) is 54.7. The topological polar surface area (TPSA) is 775 Å². The SMILES string of the molecule is CC[C@H](C)[C@H](NC(=O)[C@@H]1C[C@@H](O)CN1C(=O)[C@@H](N)C(C)C)C(=O)N[C@H](C(=O)N[C@@H](Cc1ccc(O)cc1)C(=O)N[C@H](C(=O)N[C@@H](CC(N)=O)C(=O)N[C@@H](CCCN=C(N)N)C(=O)N[C@@H](CCN)C(=O)N[C@H](C(=O)N[C@H](CCN)C(=O)N[C@@H](CCCCN)C(=O)N[C@@H](CCN)C(=O)SN[C@@H](CS)C(=O)N[C@@H](Cc1ccc(O)cc1)C(=O)O)[C@@H](C)O)[C@@H](C)O)C(C)(C)S. The molecule has 1 fully saturated rings. The van der Waals surface area contributed by atoms with Gasteiger partial charge in [0.1, 0.15) is 96.1 Å². The molecule has 2 aromatic rings. The number of carbonyl (C=O) groups excluding carboxylic acids is 15. The van der Waals surface area contributed by atoms with E-state index in [4.69, 9.17) is 45.9 Å². The number of nitrogens with zero attached hydrogens (tertiary/aromatic N) is 2. The van der Waals surface area contributed by atoms with Crippen molar-refractivity contribution in [1.29, 1.82) is 0 Å². The highest BCUT2D eigenvalue weighted by molar-refractivity contribution is 8.12. The van der Waals surface area contributed by atoms with Crippen LogP contribution < -0.4 is 114 Å². The van der Waals surface area contributed by atoms with E-state index in [1.165, 1.54) is 62.4 Å². The molecule has 35 N–H and O–H groups in total. The van der Waals surface area contributed by atoms with Crippen LogP contribution in [0.25, 0.3) is 0 Å². The lowest BCUT2D eigenvalue weighted by Gasteiger charge is -2.34. The van der Waals surface area contributed by atoms with Gasteiger partial charge in [0.25, 0.3) is 0 Å². The smallest absolute Gasteiger partial charge is 0.326 e. The van der Waals surface area contributed by atoms with Crippen molar-refractivity contribution in [3.8, 4) is 11.5 Å².